The predicted molar refractivity (Wildman–Crippen MR) is 212 cm³/mol. The number of nitrogens with one attached hydrogen (secondary N) is 1. The maximum absolute atomic E-state index is 15.7. The molecule has 6 N–H and O–H groups in total. The van der Waals surface area contributed by atoms with Gasteiger partial charge < -0.3 is 54.1 Å². The Labute approximate surface area is 354 Å². The summed E-state index contributed by atoms with van der Waals surface area (Å²) >= 11 is 0.624. The summed E-state index contributed by atoms with van der Waals surface area (Å²) in [5.74, 6) is -1.27. The number of nitrogens with two attached hydrogens (primary N) is 2. The third-order valence-corrected chi connectivity index (χ3v) is 17.2. The molecule has 1 spiro atoms. The smallest absolute Gasteiger partial charge is 0.432 e. The van der Waals surface area contributed by atoms with E-state index in [9.17, 15) is 19.5 Å². The number of phosphoric acid groups is 1. The van der Waals surface area contributed by atoms with Crippen LogP contribution in [-0.4, -0.2) is 132 Å². The van der Waals surface area contributed by atoms with Crippen molar-refractivity contribution < 1.29 is 70.3 Å². The second-order valence-corrected chi connectivity index (χ2v) is 21.6. The van der Waals surface area contributed by atoms with E-state index < -0.39 is 124 Å². The molecule has 2 aliphatic carbocycles. The van der Waals surface area contributed by atoms with E-state index in [1.165, 1.54) is 30.7 Å². The average molecular weight is 931 g/mol. The maximum atomic E-state index is 15.7. The lowest BCUT2D eigenvalue weighted by Gasteiger charge is -2.35. The third kappa shape index (κ3) is 8.14. The summed E-state index contributed by atoms with van der Waals surface area (Å²) in [6, 6.07) is -0.880. The van der Waals surface area contributed by atoms with Crippen molar-refractivity contribution in [3.8, 4) is 0 Å². The topological polar surface area (TPSA) is 340 Å². The van der Waals surface area contributed by atoms with E-state index in [0.717, 1.165) is 0 Å². The zero-order valence-corrected chi connectivity index (χ0v) is 36.3. The van der Waals surface area contributed by atoms with Crippen LogP contribution in [0.4, 0.5) is 21.4 Å². The third-order valence-electron chi connectivity index (χ3n) is 10.8. The molecule has 6 heterocycles. The molecule has 2 unspecified atom stereocenters. The molecule has 4 aromatic heterocycles. The van der Waals surface area contributed by atoms with Gasteiger partial charge in [0.2, 0.25) is 12.7 Å². The number of hydrogen-bond donors (Lipinski definition) is 4. The molecule has 4 aromatic rings. The molecule has 2 saturated heterocycles. The van der Waals surface area contributed by atoms with Gasteiger partial charge in [0.1, 0.15) is 36.1 Å². The van der Waals surface area contributed by atoms with Crippen molar-refractivity contribution in [2.24, 2.45) is 11.3 Å². The summed E-state index contributed by atoms with van der Waals surface area (Å²) in [5.41, 5.74) is 9.02. The standard InChI is InChI=1S/C33H44N10O16P2S/c1-14(2)56-31(46)51-12-55-61(49)54-8-33-6-16(33)20(42-10-38-18-25(34)36-9-37-26(18)42)21(44)24(33)60(48,62-13-52-32(47)57-15(3)4)53-7-17-22(50-5)23(59-61)29(58-17)43-11-39-19-27(43)40-30(35)41-28(19)45/h9-11,14-17,20-24,29,44H,6-8,12-13H2,1-5H3,(H2,34,36,37)(H3,35,40,41,45)/t16?,17-,20-,21+,22-,23-,24+,29-,33?,60+,61+/m1/s1. The van der Waals surface area contributed by atoms with Gasteiger partial charge in [-0.3, -0.25) is 28.0 Å². The summed E-state index contributed by atoms with van der Waals surface area (Å²) in [6.07, 6.45) is -5.98. The lowest BCUT2D eigenvalue weighted by atomic mass is 10.0. The lowest BCUT2D eigenvalue weighted by Crippen LogP contribution is -2.40. The summed E-state index contributed by atoms with van der Waals surface area (Å²) in [6.45, 7) is 0.0118. The van der Waals surface area contributed by atoms with Gasteiger partial charge in [-0.25, -0.2) is 38.6 Å². The maximum Gasteiger partial charge on any atom is 0.510 e. The molecule has 26 nitrogen and oxygen atoms in total. The number of nitrogens with zero attached hydrogens (tertiary/aromatic N) is 7. The van der Waals surface area contributed by atoms with Gasteiger partial charge in [0.25, 0.3) is 12.1 Å². The van der Waals surface area contributed by atoms with Crippen molar-refractivity contribution in [3.63, 3.8) is 0 Å². The van der Waals surface area contributed by atoms with Crippen molar-refractivity contribution in [3.05, 3.63) is 29.3 Å². The van der Waals surface area contributed by atoms with Gasteiger partial charge in [-0.2, -0.15) is 4.98 Å². The Bertz CT molecular complexity index is 2510. The molecule has 4 fully saturated rings. The Balaban J connectivity index is 1.21. The molecule has 2 aliphatic heterocycles. The SMILES string of the molecule is CO[C@H]1[C@H]2O[P@](=O)(OCOC(=O)OC(C)C)OCC34CC3[C@@H](n3cnc5c(N)ncnc53)[C@H](O)[C@@H]4[P@@](=O)(SCOC(=O)OC(C)C)OC[C@H]1O[C@H]2n1cnc2c(=O)[nH]c(N)nc21. The first-order chi connectivity index (χ1) is 29.5. The van der Waals surface area contributed by atoms with Crippen LogP contribution in [0.1, 0.15) is 46.4 Å². The first-order valence-electron chi connectivity index (χ1n) is 19.1. The lowest BCUT2D eigenvalue weighted by molar-refractivity contribution is -0.0589. The first kappa shape index (κ1) is 44.2. The van der Waals surface area contributed by atoms with Gasteiger partial charge >= 0.3 is 20.1 Å². The van der Waals surface area contributed by atoms with Gasteiger partial charge in [0.15, 0.2) is 28.9 Å². The number of aliphatic hydroxyl groups is 1. The molecule has 338 valence electrons. The normalized spacial score (nSPS) is 33.2. The second-order valence-electron chi connectivity index (χ2n) is 15.3. The number of hydrogen-bond acceptors (Lipinski definition) is 24. The van der Waals surface area contributed by atoms with Gasteiger partial charge in [0, 0.05) is 12.5 Å². The number of rotatable bonds is 11. The minimum absolute atomic E-state index is 0.0591. The predicted octanol–water partition coefficient (Wildman–Crippen LogP) is 2.85. The van der Waals surface area contributed by atoms with E-state index in [2.05, 4.69) is 29.9 Å². The average Bonchev–Trinajstić information content (AvgIpc) is 3.52. The molecule has 29 heteroatoms. The largest absolute Gasteiger partial charge is 0.510 e. The van der Waals surface area contributed by atoms with E-state index in [1.807, 2.05) is 0 Å². The van der Waals surface area contributed by atoms with Gasteiger partial charge in [0.05, 0.1) is 55.9 Å². The summed E-state index contributed by atoms with van der Waals surface area (Å²) < 4.78 is 90.7. The Morgan fingerprint density at radius 1 is 1.02 bits per heavy atom. The Kier molecular flexibility index (Phi) is 12.1. The van der Waals surface area contributed by atoms with Crippen LogP contribution in [-0.2, 0) is 55.6 Å². The van der Waals surface area contributed by atoms with Crippen LogP contribution in [0.5, 0.6) is 0 Å². The van der Waals surface area contributed by atoms with Crippen molar-refractivity contribution in [2.45, 2.75) is 88.7 Å². The summed E-state index contributed by atoms with van der Waals surface area (Å²) in [5, 5.41) is 12.4. The highest BCUT2D eigenvalue weighted by Gasteiger charge is 2.77. The number of aromatic nitrogens is 8. The number of anilines is 2. The van der Waals surface area contributed by atoms with Crippen LogP contribution < -0.4 is 17.0 Å². The van der Waals surface area contributed by atoms with Crippen LogP contribution in [0.15, 0.2) is 23.8 Å². The molecule has 0 aromatic carbocycles. The zero-order chi connectivity index (χ0) is 44.3. The number of methoxy groups -OCH3 is 1. The molecule has 2 saturated carbocycles. The number of imidazole rings is 2. The molecule has 4 aliphatic rings. The van der Waals surface area contributed by atoms with Crippen molar-refractivity contribution in [1.29, 1.82) is 0 Å². The fourth-order valence-electron chi connectivity index (χ4n) is 8.27. The number of fused-ring (bicyclic) bond motifs is 4. The highest BCUT2D eigenvalue weighted by atomic mass is 32.7. The van der Waals surface area contributed by atoms with E-state index in [4.69, 9.17) is 58.0 Å². The number of ether oxygens (including phenoxy) is 6. The highest BCUT2D eigenvalue weighted by Crippen LogP contribution is 2.82. The molecule has 62 heavy (non-hydrogen) atoms. The number of phosphoric ester groups is 1. The second kappa shape index (κ2) is 16.9. The van der Waals surface area contributed by atoms with Crippen molar-refractivity contribution in [2.75, 3.05) is 44.5 Å². The van der Waals surface area contributed by atoms with Crippen LogP contribution in [0, 0.1) is 11.3 Å². The van der Waals surface area contributed by atoms with Crippen LogP contribution in [0.2, 0.25) is 0 Å². The monoisotopic (exact) mass is 930 g/mol. The summed E-state index contributed by atoms with van der Waals surface area (Å²) in [7, 11) is -3.68. The number of aliphatic hydroxyl groups excluding tert-OH is 1. The van der Waals surface area contributed by atoms with Gasteiger partial charge in [-0.05, 0) is 51.4 Å². The molecular weight excluding hydrogens is 886 g/mol. The number of carbonyl (C=O) groups is 2. The summed E-state index contributed by atoms with van der Waals surface area (Å²) in [4.78, 5) is 61.0. The minimum atomic E-state index is -4.97. The quantitative estimate of drug-likeness (QED) is 0.0954. The van der Waals surface area contributed by atoms with E-state index in [1.54, 1.807) is 32.3 Å². The number of H-pyrrole nitrogens is 1. The number of nitrogen functional groups attached to an aromatic ring is 2. The van der Waals surface area contributed by atoms with Crippen LogP contribution in [0.25, 0.3) is 22.3 Å². The minimum Gasteiger partial charge on any atom is -0.432 e. The molecule has 0 radical (unpaired) electrons. The van der Waals surface area contributed by atoms with E-state index in [-0.39, 0.29) is 40.5 Å². The van der Waals surface area contributed by atoms with E-state index >= 15 is 9.13 Å². The first-order valence-corrected chi connectivity index (χ1v) is 23.9. The Hall–Kier alpha value is -4.43. The molecule has 11 atom stereocenters. The highest BCUT2D eigenvalue weighted by molar-refractivity contribution is 8.56. The number of aromatic amines is 1. The Morgan fingerprint density at radius 3 is 2.45 bits per heavy atom. The molecule has 8 rings (SSSR count). The zero-order valence-electron chi connectivity index (χ0n) is 33.7. The molecular formula is C33H44N10O16P2S. The van der Waals surface area contributed by atoms with Crippen LogP contribution >= 0.6 is 25.8 Å². The fourth-order valence-corrected chi connectivity index (χ4v) is 14.7. The molecule has 2 bridgehead atoms. The Morgan fingerprint density at radius 2 is 1.73 bits per heavy atom. The van der Waals surface area contributed by atoms with Gasteiger partial charge in [-0.15, -0.1) is 0 Å². The van der Waals surface area contributed by atoms with Gasteiger partial charge in [-0.1, -0.05) is 0 Å². The fraction of sp³-hybridized carbons (Fsp3) is 0.636. The van der Waals surface area contributed by atoms with E-state index in [0.29, 0.717) is 11.4 Å². The van der Waals surface area contributed by atoms with Crippen molar-refractivity contribution >= 4 is 72.2 Å². The van der Waals surface area contributed by atoms with Crippen molar-refractivity contribution in [1.82, 2.24) is 39.0 Å². The number of carbonyl (C=O) groups excluding carboxylic acids is 2. The van der Waals surface area contributed by atoms with Crippen LogP contribution in [0.3, 0.4) is 0 Å². The molecule has 0 amide bonds.